The number of nitrogens with zero attached hydrogens (tertiary/aromatic N) is 2. The number of hydrogen-bond donors (Lipinski definition) is 1. The molecule has 1 aliphatic heterocycles. The third kappa shape index (κ3) is 4.69. The average molecular weight is 468 g/mol. The summed E-state index contributed by atoms with van der Waals surface area (Å²) in [7, 11) is 0. The summed E-state index contributed by atoms with van der Waals surface area (Å²) in [6.07, 6.45) is 3.32. The number of ether oxygens (including phenoxy) is 3. The third-order valence-electron chi connectivity index (χ3n) is 6.28. The number of hydrogen-bond acceptors (Lipinski definition) is 7. The van der Waals surface area contributed by atoms with E-state index in [1.54, 1.807) is 0 Å². The minimum absolute atomic E-state index is 0.0240. The average Bonchev–Trinajstić information content (AvgIpc) is 3.31. The quantitative estimate of drug-likeness (QED) is 0.482. The SMILES string of the molecule is CCOC(=O)C1CCC(c2nc(NCc3ccc4c(c3)OCO4)c3cc(Cl)ccc3n2)CC1. The highest BCUT2D eigenvalue weighted by Crippen LogP contribution is 2.37. The molecule has 172 valence electrons. The summed E-state index contributed by atoms with van der Waals surface area (Å²) in [5.41, 5.74) is 1.91. The summed E-state index contributed by atoms with van der Waals surface area (Å²) in [5.74, 6) is 3.17. The molecular formula is C25H26ClN3O4. The van der Waals surface area contributed by atoms with Crippen molar-refractivity contribution in [1.82, 2.24) is 9.97 Å². The number of anilines is 1. The zero-order chi connectivity index (χ0) is 22.8. The molecule has 2 aromatic carbocycles. The molecule has 2 heterocycles. The fourth-order valence-electron chi connectivity index (χ4n) is 4.52. The van der Waals surface area contributed by atoms with Gasteiger partial charge >= 0.3 is 5.97 Å². The fraction of sp³-hybridized carbons (Fsp3) is 0.400. The molecule has 0 saturated heterocycles. The van der Waals surface area contributed by atoms with Crippen LogP contribution in [0.15, 0.2) is 36.4 Å². The minimum atomic E-state index is -0.0869. The Kier molecular flexibility index (Phi) is 6.22. The first-order valence-corrected chi connectivity index (χ1v) is 11.7. The zero-order valence-electron chi connectivity index (χ0n) is 18.5. The molecule has 1 aromatic heterocycles. The van der Waals surface area contributed by atoms with Crippen molar-refractivity contribution in [3.63, 3.8) is 0 Å². The van der Waals surface area contributed by atoms with Gasteiger partial charge in [0.15, 0.2) is 11.5 Å². The second-order valence-corrected chi connectivity index (χ2v) is 8.87. The van der Waals surface area contributed by atoms with Gasteiger partial charge in [0.1, 0.15) is 11.6 Å². The third-order valence-corrected chi connectivity index (χ3v) is 6.52. The Balaban J connectivity index is 1.37. The molecular weight excluding hydrogens is 442 g/mol. The van der Waals surface area contributed by atoms with Gasteiger partial charge in [0.2, 0.25) is 6.79 Å². The zero-order valence-corrected chi connectivity index (χ0v) is 19.2. The van der Waals surface area contributed by atoms with Crippen LogP contribution in [-0.2, 0) is 16.1 Å². The van der Waals surface area contributed by atoms with Crippen LogP contribution in [0.4, 0.5) is 5.82 Å². The van der Waals surface area contributed by atoms with Crippen LogP contribution in [0.1, 0.15) is 49.9 Å². The van der Waals surface area contributed by atoms with Crippen molar-refractivity contribution in [3.05, 3.63) is 52.8 Å². The summed E-state index contributed by atoms with van der Waals surface area (Å²) in [4.78, 5) is 21.9. The molecule has 1 N–H and O–H groups in total. The van der Waals surface area contributed by atoms with Crippen molar-refractivity contribution in [2.75, 3.05) is 18.7 Å². The van der Waals surface area contributed by atoms with Gasteiger partial charge in [-0.05, 0) is 68.5 Å². The van der Waals surface area contributed by atoms with E-state index in [0.29, 0.717) is 18.2 Å². The number of nitrogens with one attached hydrogen (secondary N) is 1. The van der Waals surface area contributed by atoms with Gasteiger partial charge in [-0.1, -0.05) is 17.7 Å². The second kappa shape index (κ2) is 9.43. The molecule has 1 fully saturated rings. The highest BCUT2D eigenvalue weighted by molar-refractivity contribution is 6.31. The molecule has 0 bridgehead atoms. The monoisotopic (exact) mass is 467 g/mol. The van der Waals surface area contributed by atoms with Crippen molar-refractivity contribution in [3.8, 4) is 11.5 Å². The van der Waals surface area contributed by atoms with Crippen LogP contribution in [0, 0.1) is 5.92 Å². The maximum atomic E-state index is 12.1. The first-order chi connectivity index (χ1) is 16.1. The van der Waals surface area contributed by atoms with Crippen molar-refractivity contribution >= 4 is 34.3 Å². The predicted octanol–water partition coefficient (Wildman–Crippen LogP) is 5.46. The van der Waals surface area contributed by atoms with Crippen molar-refractivity contribution in [2.24, 2.45) is 5.92 Å². The molecule has 1 aliphatic carbocycles. The molecule has 0 unspecified atom stereocenters. The first kappa shape index (κ1) is 21.8. The minimum Gasteiger partial charge on any atom is -0.466 e. The standard InChI is InChI=1S/C25H26ClN3O4/c1-2-31-25(30)17-6-4-16(5-7-17)23-28-20-9-8-18(26)12-19(20)24(29-23)27-13-15-3-10-21-22(11-15)33-14-32-21/h3,8-12,16-17H,2,4-7,13-14H2,1H3,(H,27,28,29). The van der Waals surface area contributed by atoms with E-state index in [2.05, 4.69) is 5.32 Å². The van der Waals surface area contributed by atoms with Gasteiger partial charge in [-0.25, -0.2) is 9.97 Å². The Hall–Kier alpha value is -3.06. The van der Waals surface area contributed by atoms with Crippen molar-refractivity contribution in [1.29, 1.82) is 0 Å². The topological polar surface area (TPSA) is 82.6 Å². The number of carbonyl (C=O) groups excluding carboxylic acids is 1. The Morgan fingerprint density at radius 3 is 2.73 bits per heavy atom. The molecule has 7 nitrogen and oxygen atoms in total. The van der Waals surface area contributed by atoms with Crippen LogP contribution in [0.5, 0.6) is 11.5 Å². The smallest absolute Gasteiger partial charge is 0.308 e. The number of esters is 1. The first-order valence-electron chi connectivity index (χ1n) is 11.4. The summed E-state index contributed by atoms with van der Waals surface area (Å²) in [6.45, 7) is 3.09. The number of rotatable bonds is 6. The van der Waals surface area contributed by atoms with Crippen LogP contribution in [0.25, 0.3) is 10.9 Å². The van der Waals surface area contributed by atoms with E-state index >= 15 is 0 Å². The fourth-order valence-corrected chi connectivity index (χ4v) is 4.69. The number of benzene rings is 2. The molecule has 0 spiro atoms. The Morgan fingerprint density at radius 1 is 1.09 bits per heavy atom. The van der Waals surface area contributed by atoms with Crippen LogP contribution in [0.3, 0.4) is 0 Å². The lowest BCUT2D eigenvalue weighted by molar-refractivity contribution is -0.149. The van der Waals surface area contributed by atoms with E-state index in [0.717, 1.165) is 65.3 Å². The largest absolute Gasteiger partial charge is 0.466 e. The van der Waals surface area contributed by atoms with Gasteiger partial charge in [-0.15, -0.1) is 0 Å². The Labute approximate surface area is 197 Å². The van der Waals surface area contributed by atoms with E-state index in [-0.39, 0.29) is 24.6 Å². The Morgan fingerprint density at radius 2 is 1.91 bits per heavy atom. The van der Waals surface area contributed by atoms with Crippen molar-refractivity contribution < 1.29 is 19.0 Å². The molecule has 2 aliphatic rings. The molecule has 0 atom stereocenters. The molecule has 0 radical (unpaired) electrons. The normalized spacial score (nSPS) is 19.5. The Bertz CT molecular complexity index is 1180. The van der Waals surface area contributed by atoms with E-state index in [9.17, 15) is 4.79 Å². The van der Waals surface area contributed by atoms with Gasteiger partial charge in [0, 0.05) is 22.9 Å². The van der Waals surface area contributed by atoms with Crippen LogP contribution >= 0.6 is 11.6 Å². The number of fused-ring (bicyclic) bond motifs is 2. The lowest BCUT2D eigenvalue weighted by Gasteiger charge is -2.26. The van der Waals surface area contributed by atoms with E-state index < -0.39 is 0 Å². The van der Waals surface area contributed by atoms with Gasteiger partial charge in [0.05, 0.1) is 18.0 Å². The summed E-state index contributed by atoms with van der Waals surface area (Å²) in [5, 5.41) is 4.99. The lowest BCUT2D eigenvalue weighted by atomic mass is 9.81. The maximum Gasteiger partial charge on any atom is 0.308 e. The van der Waals surface area contributed by atoms with Crippen LogP contribution < -0.4 is 14.8 Å². The summed E-state index contributed by atoms with van der Waals surface area (Å²) < 4.78 is 16.1. The van der Waals surface area contributed by atoms with Gasteiger partial charge < -0.3 is 19.5 Å². The van der Waals surface area contributed by atoms with Gasteiger partial charge in [-0.3, -0.25) is 4.79 Å². The van der Waals surface area contributed by atoms with Gasteiger partial charge in [0.25, 0.3) is 0 Å². The number of halogens is 1. The van der Waals surface area contributed by atoms with Crippen LogP contribution in [-0.4, -0.2) is 29.3 Å². The molecule has 33 heavy (non-hydrogen) atoms. The predicted molar refractivity (Wildman–Crippen MR) is 126 cm³/mol. The molecule has 1 saturated carbocycles. The molecule has 5 rings (SSSR count). The highest BCUT2D eigenvalue weighted by atomic mass is 35.5. The maximum absolute atomic E-state index is 12.1. The molecule has 0 amide bonds. The lowest BCUT2D eigenvalue weighted by Crippen LogP contribution is -2.24. The molecule has 3 aromatic rings. The number of carbonyl (C=O) groups is 1. The van der Waals surface area contributed by atoms with E-state index in [1.165, 1.54) is 0 Å². The van der Waals surface area contributed by atoms with E-state index in [1.807, 2.05) is 43.3 Å². The van der Waals surface area contributed by atoms with Crippen LogP contribution in [0.2, 0.25) is 5.02 Å². The van der Waals surface area contributed by atoms with Gasteiger partial charge in [-0.2, -0.15) is 0 Å². The highest BCUT2D eigenvalue weighted by Gasteiger charge is 2.29. The molecule has 8 heteroatoms. The summed E-state index contributed by atoms with van der Waals surface area (Å²) in [6, 6.07) is 11.6. The van der Waals surface area contributed by atoms with Crippen molar-refractivity contribution in [2.45, 2.75) is 45.1 Å². The second-order valence-electron chi connectivity index (χ2n) is 8.43. The van der Waals surface area contributed by atoms with E-state index in [4.69, 9.17) is 35.8 Å². The summed E-state index contributed by atoms with van der Waals surface area (Å²) >= 11 is 6.27. The number of aromatic nitrogens is 2.